The van der Waals surface area contributed by atoms with E-state index in [0.717, 1.165) is 27.8 Å². The molecule has 4 rings (SSSR count). The highest BCUT2D eigenvalue weighted by Crippen LogP contribution is 2.30. The van der Waals surface area contributed by atoms with Crippen molar-refractivity contribution in [2.75, 3.05) is 6.61 Å². The highest BCUT2D eigenvalue weighted by Gasteiger charge is 2.14. The first-order chi connectivity index (χ1) is 12.7. The van der Waals surface area contributed by atoms with Crippen LogP contribution in [0.5, 0.6) is 5.75 Å². The molecular weight excluding hydrogens is 351 g/mol. The van der Waals surface area contributed by atoms with Gasteiger partial charge in [0.1, 0.15) is 17.1 Å². The minimum Gasteiger partial charge on any atom is -0.494 e. The van der Waals surface area contributed by atoms with Crippen molar-refractivity contribution >= 4 is 33.8 Å². The Balaban J connectivity index is 1.69. The molecule has 0 bridgehead atoms. The van der Waals surface area contributed by atoms with Crippen LogP contribution in [-0.2, 0) is 12.8 Å². The largest absolute Gasteiger partial charge is 0.494 e. The maximum Gasteiger partial charge on any atom is 0.211 e. The molecule has 0 atom stereocenters. The zero-order chi connectivity index (χ0) is 18.1. The first-order valence-electron chi connectivity index (χ1n) is 8.29. The van der Waals surface area contributed by atoms with E-state index in [4.69, 9.17) is 4.74 Å². The van der Waals surface area contributed by atoms with Crippen molar-refractivity contribution in [2.45, 2.75) is 17.8 Å². The van der Waals surface area contributed by atoms with Crippen LogP contribution in [0.15, 0.2) is 47.6 Å². The fourth-order valence-corrected chi connectivity index (χ4v) is 3.67. The van der Waals surface area contributed by atoms with Crippen LogP contribution in [0.3, 0.4) is 0 Å². The Morgan fingerprint density at radius 2 is 2.00 bits per heavy atom. The zero-order valence-electron chi connectivity index (χ0n) is 14.4. The number of benzene rings is 2. The topological polar surface area (TPSA) is 52.8 Å². The average molecular weight is 368 g/mol. The molecule has 132 valence electrons. The van der Waals surface area contributed by atoms with Crippen molar-refractivity contribution in [3.8, 4) is 5.75 Å². The van der Waals surface area contributed by atoms with Gasteiger partial charge in [-0.1, -0.05) is 30.0 Å². The van der Waals surface area contributed by atoms with Gasteiger partial charge in [0.25, 0.3) is 0 Å². The molecule has 0 aliphatic rings. The zero-order valence-corrected chi connectivity index (χ0v) is 15.3. The summed E-state index contributed by atoms with van der Waals surface area (Å²) in [5.41, 5.74) is 3.13. The summed E-state index contributed by atoms with van der Waals surface area (Å²) in [6.45, 7) is 2.56. The van der Waals surface area contributed by atoms with E-state index in [1.54, 1.807) is 12.1 Å². The molecule has 0 spiro atoms. The SMILES string of the molecule is CCOc1ccc2c(c1)c1nnc(SCc3ccccc3F)nc1n2C. The van der Waals surface area contributed by atoms with Gasteiger partial charge in [-0.3, -0.25) is 0 Å². The van der Waals surface area contributed by atoms with Crippen LogP contribution < -0.4 is 4.74 Å². The molecule has 4 aromatic rings. The van der Waals surface area contributed by atoms with Crippen LogP contribution in [0.4, 0.5) is 4.39 Å². The molecule has 0 saturated carbocycles. The number of hydrogen-bond donors (Lipinski definition) is 0. The standard InChI is InChI=1S/C19H17FN4OS/c1-3-25-13-8-9-16-14(10-13)17-18(24(16)2)21-19(23-22-17)26-11-12-6-4-5-7-15(12)20/h4-10H,3,11H2,1-2H3. The second-order valence-electron chi connectivity index (χ2n) is 5.82. The molecule has 26 heavy (non-hydrogen) atoms. The monoisotopic (exact) mass is 368 g/mol. The van der Waals surface area contributed by atoms with E-state index >= 15 is 0 Å². The smallest absolute Gasteiger partial charge is 0.211 e. The highest BCUT2D eigenvalue weighted by atomic mass is 32.2. The Hall–Kier alpha value is -2.67. The van der Waals surface area contributed by atoms with Crippen molar-refractivity contribution < 1.29 is 9.13 Å². The lowest BCUT2D eigenvalue weighted by atomic mass is 10.2. The molecule has 7 heteroatoms. The van der Waals surface area contributed by atoms with Gasteiger partial charge in [0.05, 0.1) is 12.1 Å². The molecular formula is C19H17FN4OS. The van der Waals surface area contributed by atoms with Crippen molar-refractivity contribution in [3.05, 3.63) is 53.8 Å². The van der Waals surface area contributed by atoms with Crippen LogP contribution in [0.25, 0.3) is 22.1 Å². The Kier molecular flexibility index (Phi) is 4.46. The second kappa shape index (κ2) is 6.92. The lowest BCUT2D eigenvalue weighted by molar-refractivity contribution is 0.341. The minimum atomic E-state index is -0.220. The van der Waals surface area contributed by atoms with Gasteiger partial charge in [0, 0.05) is 18.2 Å². The summed E-state index contributed by atoms with van der Waals surface area (Å²) in [6, 6.07) is 12.6. The van der Waals surface area contributed by atoms with Crippen LogP contribution in [-0.4, -0.2) is 26.4 Å². The van der Waals surface area contributed by atoms with Crippen molar-refractivity contribution in [3.63, 3.8) is 0 Å². The van der Waals surface area contributed by atoms with Gasteiger partial charge < -0.3 is 9.30 Å². The van der Waals surface area contributed by atoms with Gasteiger partial charge >= 0.3 is 0 Å². The quantitative estimate of drug-likeness (QED) is 0.490. The van der Waals surface area contributed by atoms with E-state index in [2.05, 4.69) is 15.2 Å². The summed E-state index contributed by atoms with van der Waals surface area (Å²) in [5, 5.41) is 10.1. The minimum absolute atomic E-state index is 0.220. The molecule has 5 nitrogen and oxygen atoms in total. The molecule has 0 saturated heterocycles. The van der Waals surface area contributed by atoms with E-state index in [0.29, 0.717) is 23.1 Å². The molecule has 0 aliphatic heterocycles. The molecule has 2 aromatic heterocycles. The summed E-state index contributed by atoms with van der Waals surface area (Å²) in [6.07, 6.45) is 0. The molecule has 0 aliphatic carbocycles. The lowest BCUT2D eigenvalue weighted by Crippen LogP contribution is -1.96. The number of rotatable bonds is 5. The lowest BCUT2D eigenvalue weighted by Gasteiger charge is -2.02. The Bertz CT molecular complexity index is 1100. The maximum atomic E-state index is 13.8. The van der Waals surface area contributed by atoms with Crippen LogP contribution in [0, 0.1) is 5.82 Å². The first-order valence-corrected chi connectivity index (χ1v) is 9.28. The molecule has 0 N–H and O–H groups in total. The van der Waals surface area contributed by atoms with E-state index in [1.807, 2.05) is 42.8 Å². The van der Waals surface area contributed by atoms with Crippen LogP contribution in [0.2, 0.25) is 0 Å². The molecule has 0 unspecified atom stereocenters. The van der Waals surface area contributed by atoms with Crippen molar-refractivity contribution in [2.24, 2.45) is 7.05 Å². The predicted molar refractivity (Wildman–Crippen MR) is 101 cm³/mol. The molecule has 0 amide bonds. The fourth-order valence-electron chi connectivity index (χ4n) is 2.90. The molecule has 2 heterocycles. The Morgan fingerprint density at radius 3 is 2.81 bits per heavy atom. The number of aryl methyl sites for hydroxylation is 1. The third-order valence-corrected chi connectivity index (χ3v) is 5.06. The third-order valence-electron chi connectivity index (χ3n) is 4.18. The Labute approximate surface area is 154 Å². The predicted octanol–water partition coefficient (Wildman–Crippen LogP) is 4.35. The number of ether oxygens (including phenoxy) is 1. The molecule has 2 aromatic carbocycles. The Morgan fingerprint density at radius 1 is 1.15 bits per heavy atom. The van der Waals surface area contributed by atoms with Crippen LogP contribution in [0.1, 0.15) is 12.5 Å². The maximum absolute atomic E-state index is 13.8. The normalized spacial score (nSPS) is 11.3. The van der Waals surface area contributed by atoms with Crippen LogP contribution >= 0.6 is 11.8 Å². The number of halogens is 1. The number of fused-ring (bicyclic) bond motifs is 3. The van der Waals surface area contributed by atoms with Gasteiger partial charge in [0.15, 0.2) is 5.65 Å². The third kappa shape index (κ3) is 2.99. The number of aromatic nitrogens is 4. The summed E-state index contributed by atoms with van der Waals surface area (Å²) in [5.74, 6) is 1.03. The van der Waals surface area contributed by atoms with Gasteiger partial charge in [-0.2, -0.15) is 0 Å². The van der Waals surface area contributed by atoms with Gasteiger partial charge in [0.2, 0.25) is 5.16 Å². The molecule has 0 fully saturated rings. The summed E-state index contributed by atoms with van der Waals surface area (Å²) >= 11 is 1.37. The van der Waals surface area contributed by atoms with E-state index in [9.17, 15) is 4.39 Å². The summed E-state index contributed by atoms with van der Waals surface area (Å²) < 4.78 is 21.3. The summed E-state index contributed by atoms with van der Waals surface area (Å²) in [7, 11) is 1.95. The van der Waals surface area contributed by atoms with Gasteiger partial charge in [-0.15, -0.1) is 10.2 Å². The first kappa shape index (κ1) is 16.8. The van der Waals surface area contributed by atoms with Gasteiger partial charge in [-0.25, -0.2) is 9.37 Å². The van der Waals surface area contributed by atoms with Gasteiger partial charge in [-0.05, 0) is 36.8 Å². The summed E-state index contributed by atoms with van der Waals surface area (Å²) in [4.78, 5) is 4.62. The second-order valence-corrected chi connectivity index (χ2v) is 6.76. The molecule has 0 radical (unpaired) electrons. The van der Waals surface area contributed by atoms with E-state index in [-0.39, 0.29) is 5.82 Å². The van der Waals surface area contributed by atoms with Crippen molar-refractivity contribution in [1.82, 2.24) is 19.7 Å². The fraction of sp³-hybridized carbons (Fsp3) is 0.211. The highest BCUT2D eigenvalue weighted by molar-refractivity contribution is 7.98. The number of thioether (sulfide) groups is 1. The van der Waals surface area contributed by atoms with E-state index < -0.39 is 0 Å². The van der Waals surface area contributed by atoms with Crippen molar-refractivity contribution in [1.29, 1.82) is 0 Å². The number of hydrogen-bond acceptors (Lipinski definition) is 5. The van der Waals surface area contributed by atoms with E-state index in [1.165, 1.54) is 17.8 Å². The number of nitrogens with zero attached hydrogens (tertiary/aromatic N) is 4. The average Bonchev–Trinajstić information content (AvgIpc) is 2.93.